The monoisotopic (exact) mass is 379 g/mol. The van der Waals surface area contributed by atoms with Gasteiger partial charge >= 0.3 is 0 Å². The molecule has 0 spiro atoms. The van der Waals surface area contributed by atoms with Crippen LogP contribution in [0.3, 0.4) is 0 Å². The number of aliphatic hydroxyl groups is 1. The molecule has 1 amide bonds. The first kappa shape index (κ1) is 18.0. The molecule has 2 aromatic rings. The normalized spacial score (nSPS) is 20.8. The molecule has 1 aromatic carbocycles. The number of nitrogens with one attached hydrogen (secondary N) is 1. The van der Waals surface area contributed by atoms with Crippen LogP contribution in [0, 0.1) is 17.5 Å². The fourth-order valence-corrected chi connectivity index (χ4v) is 4.21. The Bertz CT molecular complexity index is 916. The van der Waals surface area contributed by atoms with E-state index in [2.05, 4.69) is 10.4 Å². The first-order valence-corrected chi connectivity index (χ1v) is 8.93. The number of rotatable bonds is 4. The number of carbonyl (C=O) groups is 1. The summed E-state index contributed by atoms with van der Waals surface area (Å²) in [6, 6.07) is 1.21. The zero-order valence-corrected chi connectivity index (χ0v) is 15.0. The summed E-state index contributed by atoms with van der Waals surface area (Å²) in [6.45, 7) is 3.05. The number of hydrogen-bond acceptors (Lipinski definition) is 3. The number of fused-ring (bicyclic) bond motifs is 5. The van der Waals surface area contributed by atoms with Gasteiger partial charge in [0.25, 0.3) is 5.91 Å². The SMILES string of the molecule is CC(C)(CO)NC(=O)c1nn(-c2c(F)cc(F)cc2F)c2c1C1CCC2C1. The molecule has 0 radical (unpaired) electrons. The molecule has 1 aromatic heterocycles. The molecule has 2 bridgehead atoms. The van der Waals surface area contributed by atoms with Crippen molar-refractivity contribution >= 4 is 5.91 Å². The van der Waals surface area contributed by atoms with Gasteiger partial charge in [-0.15, -0.1) is 0 Å². The van der Waals surface area contributed by atoms with Crippen molar-refractivity contribution in [3.63, 3.8) is 0 Å². The van der Waals surface area contributed by atoms with Crippen LogP contribution in [0.4, 0.5) is 13.2 Å². The van der Waals surface area contributed by atoms with E-state index in [1.807, 2.05) is 0 Å². The molecule has 2 unspecified atom stereocenters. The van der Waals surface area contributed by atoms with E-state index in [1.54, 1.807) is 13.8 Å². The lowest BCUT2D eigenvalue weighted by Crippen LogP contribution is -2.46. The maximum atomic E-state index is 14.4. The third-order valence-corrected chi connectivity index (χ3v) is 5.44. The summed E-state index contributed by atoms with van der Waals surface area (Å²) in [5.41, 5.74) is 0.114. The molecule has 27 heavy (non-hydrogen) atoms. The maximum absolute atomic E-state index is 14.4. The summed E-state index contributed by atoms with van der Waals surface area (Å²) >= 11 is 0. The third kappa shape index (κ3) is 2.82. The molecule has 1 saturated carbocycles. The molecule has 2 aliphatic carbocycles. The zero-order chi connectivity index (χ0) is 19.5. The van der Waals surface area contributed by atoms with Gasteiger partial charge in [-0.3, -0.25) is 4.79 Å². The van der Waals surface area contributed by atoms with Crippen LogP contribution in [0.25, 0.3) is 5.69 Å². The molecule has 144 valence electrons. The minimum absolute atomic E-state index is 0.0637. The van der Waals surface area contributed by atoms with Gasteiger partial charge in [0.05, 0.1) is 17.8 Å². The Balaban J connectivity index is 1.87. The van der Waals surface area contributed by atoms with Crippen LogP contribution in [0.5, 0.6) is 0 Å². The van der Waals surface area contributed by atoms with Crippen LogP contribution in [-0.2, 0) is 0 Å². The molecular formula is C19H20F3N3O2. The number of benzene rings is 1. The van der Waals surface area contributed by atoms with Gasteiger partial charge < -0.3 is 10.4 Å². The highest BCUT2D eigenvalue weighted by molar-refractivity contribution is 5.95. The van der Waals surface area contributed by atoms with Crippen LogP contribution in [-0.4, -0.2) is 32.9 Å². The average molecular weight is 379 g/mol. The van der Waals surface area contributed by atoms with Gasteiger partial charge in [0.2, 0.25) is 0 Å². The lowest BCUT2D eigenvalue weighted by Gasteiger charge is -2.23. The van der Waals surface area contributed by atoms with Crippen molar-refractivity contribution in [2.24, 2.45) is 0 Å². The van der Waals surface area contributed by atoms with Gasteiger partial charge in [-0.05, 0) is 39.0 Å². The van der Waals surface area contributed by atoms with E-state index in [4.69, 9.17) is 0 Å². The van der Waals surface area contributed by atoms with Crippen molar-refractivity contribution in [1.29, 1.82) is 0 Å². The van der Waals surface area contributed by atoms with Crippen molar-refractivity contribution in [3.05, 3.63) is 46.5 Å². The molecule has 2 atom stereocenters. The lowest BCUT2D eigenvalue weighted by molar-refractivity contribution is 0.0862. The molecule has 2 aliphatic rings. The van der Waals surface area contributed by atoms with Crippen LogP contribution in [0.2, 0.25) is 0 Å². The summed E-state index contributed by atoms with van der Waals surface area (Å²) in [6.07, 6.45) is 2.56. The van der Waals surface area contributed by atoms with E-state index in [0.717, 1.165) is 23.9 Å². The molecule has 1 heterocycles. The van der Waals surface area contributed by atoms with Gasteiger partial charge in [-0.2, -0.15) is 5.10 Å². The Morgan fingerprint density at radius 3 is 2.52 bits per heavy atom. The number of amides is 1. The highest BCUT2D eigenvalue weighted by Crippen LogP contribution is 2.54. The third-order valence-electron chi connectivity index (χ3n) is 5.44. The summed E-state index contributed by atoms with van der Waals surface area (Å²) < 4.78 is 43.2. The Hall–Kier alpha value is -2.35. The van der Waals surface area contributed by atoms with E-state index in [1.165, 1.54) is 0 Å². The quantitative estimate of drug-likeness (QED) is 0.858. The molecule has 4 rings (SSSR count). The Kier molecular flexibility index (Phi) is 4.06. The topological polar surface area (TPSA) is 67.2 Å². The van der Waals surface area contributed by atoms with Crippen LogP contribution >= 0.6 is 0 Å². The fourth-order valence-electron chi connectivity index (χ4n) is 4.21. The number of nitrogens with zero attached hydrogens (tertiary/aromatic N) is 2. The van der Waals surface area contributed by atoms with E-state index < -0.39 is 34.6 Å². The number of halogens is 3. The van der Waals surface area contributed by atoms with E-state index in [0.29, 0.717) is 23.4 Å². The zero-order valence-electron chi connectivity index (χ0n) is 15.0. The smallest absolute Gasteiger partial charge is 0.272 e. The number of carbonyl (C=O) groups excluding carboxylic acids is 1. The first-order chi connectivity index (χ1) is 12.7. The Morgan fingerprint density at radius 1 is 1.26 bits per heavy atom. The largest absolute Gasteiger partial charge is 0.394 e. The average Bonchev–Trinajstić information content (AvgIpc) is 3.26. The summed E-state index contributed by atoms with van der Waals surface area (Å²) in [7, 11) is 0. The molecule has 0 aliphatic heterocycles. The van der Waals surface area contributed by atoms with Crippen molar-refractivity contribution in [2.45, 2.75) is 50.5 Å². The van der Waals surface area contributed by atoms with Gasteiger partial charge in [-0.25, -0.2) is 17.9 Å². The van der Waals surface area contributed by atoms with Crippen molar-refractivity contribution in [1.82, 2.24) is 15.1 Å². The standard InChI is InChI=1S/C19H20F3N3O2/c1-19(2,8-26)23-18(27)15-14-9-3-4-10(5-9)16(14)25(24-15)17-12(21)6-11(20)7-13(17)22/h6-7,9-10,26H,3-5,8H2,1-2H3,(H,23,27). The molecule has 5 nitrogen and oxygen atoms in total. The van der Waals surface area contributed by atoms with Gasteiger partial charge in [0.1, 0.15) is 11.5 Å². The second-order valence-electron chi connectivity index (χ2n) is 7.98. The molecule has 8 heteroatoms. The van der Waals surface area contributed by atoms with Crippen LogP contribution in [0.1, 0.15) is 66.7 Å². The van der Waals surface area contributed by atoms with Gasteiger partial charge in [-0.1, -0.05) is 0 Å². The van der Waals surface area contributed by atoms with Crippen molar-refractivity contribution in [3.8, 4) is 5.69 Å². The summed E-state index contributed by atoms with van der Waals surface area (Å²) in [5, 5.41) is 16.3. The number of aromatic nitrogens is 2. The molecule has 0 saturated heterocycles. The van der Waals surface area contributed by atoms with E-state index in [9.17, 15) is 23.1 Å². The minimum atomic E-state index is -1.07. The van der Waals surface area contributed by atoms with Gasteiger partial charge in [0.15, 0.2) is 17.3 Å². The second kappa shape index (κ2) is 6.09. The Morgan fingerprint density at radius 2 is 1.89 bits per heavy atom. The van der Waals surface area contributed by atoms with Crippen LogP contribution in [0.15, 0.2) is 12.1 Å². The first-order valence-electron chi connectivity index (χ1n) is 8.93. The van der Waals surface area contributed by atoms with Crippen molar-refractivity contribution < 1.29 is 23.1 Å². The molecule has 1 fully saturated rings. The van der Waals surface area contributed by atoms with Gasteiger partial charge in [0, 0.05) is 23.6 Å². The highest BCUT2D eigenvalue weighted by atomic mass is 19.1. The van der Waals surface area contributed by atoms with E-state index in [-0.39, 0.29) is 24.1 Å². The van der Waals surface area contributed by atoms with Crippen molar-refractivity contribution in [2.75, 3.05) is 6.61 Å². The fraction of sp³-hybridized carbons (Fsp3) is 0.474. The van der Waals surface area contributed by atoms with E-state index >= 15 is 0 Å². The highest BCUT2D eigenvalue weighted by Gasteiger charge is 2.45. The predicted molar refractivity (Wildman–Crippen MR) is 91.4 cm³/mol. The molecule has 2 N–H and O–H groups in total. The summed E-state index contributed by atoms with van der Waals surface area (Å²) in [5.74, 6) is -3.47. The number of aliphatic hydroxyl groups excluding tert-OH is 1. The second-order valence-corrected chi connectivity index (χ2v) is 7.98. The Labute approximate surface area is 154 Å². The maximum Gasteiger partial charge on any atom is 0.272 e. The number of hydrogen-bond donors (Lipinski definition) is 2. The molecular weight excluding hydrogens is 359 g/mol. The predicted octanol–water partition coefficient (Wildman–Crippen LogP) is 3.16. The van der Waals surface area contributed by atoms with Crippen LogP contribution < -0.4 is 5.32 Å². The minimum Gasteiger partial charge on any atom is -0.394 e. The lowest BCUT2D eigenvalue weighted by atomic mass is 9.94. The summed E-state index contributed by atoms with van der Waals surface area (Å²) in [4.78, 5) is 12.8.